The van der Waals surface area contributed by atoms with E-state index in [-0.39, 0.29) is 0 Å². The van der Waals surface area contributed by atoms with Crippen LogP contribution in [0, 0.1) is 0 Å². The first-order valence-corrected chi connectivity index (χ1v) is 7.07. The Bertz CT molecular complexity index is 815. The maximum atomic E-state index is 5.97. The summed E-state index contributed by atoms with van der Waals surface area (Å²) < 4.78 is 0. The summed E-state index contributed by atoms with van der Waals surface area (Å²) in [6.45, 7) is 0. The van der Waals surface area contributed by atoms with E-state index in [2.05, 4.69) is 15.5 Å². The maximum absolute atomic E-state index is 5.97. The number of halogens is 2. The summed E-state index contributed by atoms with van der Waals surface area (Å²) >= 11 is 11.9. The molecule has 0 saturated heterocycles. The van der Waals surface area contributed by atoms with E-state index in [1.807, 2.05) is 48.5 Å². The predicted molar refractivity (Wildman–Crippen MR) is 89.4 cm³/mol. The van der Waals surface area contributed by atoms with Crippen LogP contribution in [0.5, 0.6) is 0 Å². The number of hydrogen-bond acceptors (Lipinski definition) is 3. The smallest absolute Gasteiger partial charge is 0.0738 e. The molecular weight excluding hydrogens is 305 g/mol. The summed E-state index contributed by atoms with van der Waals surface area (Å²) in [5, 5.41) is 6.54. The third-order valence-electron chi connectivity index (χ3n) is 2.95. The second-order valence-electron chi connectivity index (χ2n) is 4.44. The van der Waals surface area contributed by atoms with Crippen LogP contribution in [0.15, 0.2) is 59.8 Å². The quantitative estimate of drug-likeness (QED) is 0.546. The number of rotatable bonds is 3. The molecule has 1 aromatic heterocycles. The molecule has 1 heterocycles. The Balaban J connectivity index is 1.85. The lowest BCUT2D eigenvalue weighted by Crippen LogP contribution is -1.92. The minimum absolute atomic E-state index is 0.662. The van der Waals surface area contributed by atoms with E-state index in [1.165, 1.54) is 0 Å². The van der Waals surface area contributed by atoms with Crippen molar-refractivity contribution in [2.75, 3.05) is 5.43 Å². The standard InChI is InChI=1S/C16H11Cl2N3/c17-12-3-1-2-11(8-12)10-20-21-15-6-7-19-16-9-13(18)4-5-14(15)16/h1-10H,(H,19,21)/b20-10+. The van der Waals surface area contributed by atoms with Gasteiger partial charge < -0.3 is 0 Å². The van der Waals surface area contributed by atoms with Gasteiger partial charge in [0.1, 0.15) is 0 Å². The number of anilines is 1. The Morgan fingerprint density at radius 2 is 1.86 bits per heavy atom. The predicted octanol–water partition coefficient (Wildman–Crippen LogP) is 4.99. The molecule has 0 amide bonds. The van der Waals surface area contributed by atoms with Crippen molar-refractivity contribution in [3.05, 3.63) is 70.3 Å². The van der Waals surface area contributed by atoms with Crippen molar-refractivity contribution in [2.24, 2.45) is 5.10 Å². The van der Waals surface area contributed by atoms with Gasteiger partial charge in [0.05, 0.1) is 17.4 Å². The molecule has 0 aliphatic heterocycles. The van der Waals surface area contributed by atoms with Gasteiger partial charge in [-0.3, -0.25) is 10.4 Å². The number of benzene rings is 2. The molecule has 0 aliphatic carbocycles. The van der Waals surface area contributed by atoms with Crippen LogP contribution in [0.1, 0.15) is 5.56 Å². The van der Waals surface area contributed by atoms with Gasteiger partial charge in [0.2, 0.25) is 0 Å². The Morgan fingerprint density at radius 1 is 1.00 bits per heavy atom. The highest BCUT2D eigenvalue weighted by Crippen LogP contribution is 2.24. The van der Waals surface area contributed by atoms with Crippen molar-refractivity contribution < 1.29 is 0 Å². The zero-order valence-corrected chi connectivity index (χ0v) is 12.4. The Kier molecular flexibility index (Phi) is 4.04. The highest BCUT2D eigenvalue weighted by molar-refractivity contribution is 6.31. The number of nitrogens with zero attached hydrogens (tertiary/aromatic N) is 2. The fourth-order valence-electron chi connectivity index (χ4n) is 1.98. The number of pyridine rings is 1. The Labute approximate surface area is 132 Å². The topological polar surface area (TPSA) is 37.3 Å². The second kappa shape index (κ2) is 6.12. The fourth-order valence-corrected chi connectivity index (χ4v) is 2.35. The van der Waals surface area contributed by atoms with E-state index in [0.29, 0.717) is 10.0 Å². The molecule has 21 heavy (non-hydrogen) atoms. The number of aromatic nitrogens is 1. The van der Waals surface area contributed by atoms with Crippen molar-refractivity contribution in [1.29, 1.82) is 0 Å². The molecule has 0 bridgehead atoms. The second-order valence-corrected chi connectivity index (χ2v) is 5.32. The average molecular weight is 316 g/mol. The minimum atomic E-state index is 0.662. The fraction of sp³-hybridized carbons (Fsp3) is 0. The van der Waals surface area contributed by atoms with E-state index < -0.39 is 0 Å². The van der Waals surface area contributed by atoms with Gasteiger partial charge >= 0.3 is 0 Å². The molecule has 5 heteroatoms. The molecule has 2 aromatic carbocycles. The molecule has 0 unspecified atom stereocenters. The molecule has 3 aromatic rings. The third kappa shape index (κ3) is 3.32. The summed E-state index contributed by atoms with van der Waals surface area (Å²) in [7, 11) is 0. The lowest BCUT2D eigenvalue weighted by molar-refractivity contribution is 1.33. The summed E-state index contributed by atoms with van der Waals surface area (Å²) in [5.74, 6) is 0. The van der Waals surface area contributed by atoms with Gasteiger partial charge in [-0.1, -0.05) is 35.3 Å². The van der Waals surface area contributed by atoms with Gasteiger partial charge in [-0.25, -0.2) is 0 Å². The van der Waals surface area contributed by atoms with E-state index in [9.17, 15) is 0 Å². The van der Waals surface area contributed by atoms with Crippen LogP contribution in [0.2, 0.25) is 10.0 Å². The number of hydrogen-bond donors (Lipinski definition) is 1. The van der Waals surface area contributed by atoms with Crippen LogP contribution < -0.4 is 5.43 Å². The van der Waals surface area contributed by atoms with Crippen molar-refractivity contribution in [1.82, 2.24) is 4.98 Å². The maximum Gasteiger partial charge on any atom is 0.0738 e. The van der Waals surface area contributed by atoms with Crippen molar-refractivity contribution in [3.63, 3.8) is 0 Å². The summed E-state index contributed by atoms with van der Waals surface area (Å²) in [4.78, 5) is 4.29. The molecule has 0 aliphatic rings. The first-order valence-electron chi connectivity index (χ1n) is 6.31. The molecule has 0 atom stereocenters. The monoisotopic (exact) mass is 315 g/mol. The minimum Gasteiger partial charge on any atom is -0.278 e. The molecule has 0 saturated carbocycles. The Morgan fingerprint density at radius 3 is 2.71 bits per heavy atom. The first kappa shape index (κ1) is 13.9. The van der Waals surface area contributed by atoms with E-state index in [4.69, 9.17) is 23.2 Å². The molecule has 0 radical (unpaired) electrons. The van der Waals surface area contributed by atoms with Crippen LogP contribution in [-0.4, -0.2) is 11.2 Å². The highest BCUT2D eigenvalue weighted by atomic mass is 35.5. The van der Waals surface area contributed by atoms with Crippen LogP contribution in [-0.2, 0) is 0 Å². The molecule has 3 nitrogen and oxygen atoms in total. The zero-order valence-electron chi connectivity index (χ0n) is 10.9. The summed E-state index contributed by atoms with van der Waals surface area (Å²) in [6.07, 6.45) is 3.43. The molecule has 0 fully saturated rings. The normalized spacial score (nSPS) is 11.1. The molecule has 3 rings (SSSR count). The number of nitrogens with one attached hydrogen (secondary N) is 1. The van der Waals surface area contributed by atoms with Crippen LogP contribution >= 0.6 is 23.2 Å². The summed E-state index contributed by atoms with van der Waals surface area (Å²) in [5.41, 5.74) is 5.64. The van der Waals surface area contributed by atoms with E-state index in [1.54, 1.807) is 12.4 Å². The van der Waals surface area contributed by atoms with Crippen LogP contribution in [0.4, 0.5) is 5.69 Å². The van der Waals surface area contributed by atoms with E-state index in [0.717, 1.165) is 22.2 Å². The molecule has 0 spiro atoms. The van der Waals surface area contributed by atoms with Gasteiger partial charge in [-0.15, -0.1) is 0 Å². The number of hydrazone groups is 1. The number of fused-ring (bicyclic) bond motifs is 1. The van der Waals surface area contributed by atoms with Gasteiger partial charge in [-0.2, -0.15) is 5.10 Å². The molecule has 1 N–H and O–H groups in total. The van der Waals surface area contributed by atoms with Gasteiger partial charge in [-0.05, 0) is 42.0 Å². The highest BCUT2D eigenvalue weighted by Gasteiger charge is 2.01. The van der Waals surface area contributed by atoms with Crippen LogP contribution in [0.25, 0.3) is 10.9 Å². The Hall–Kier alpha value is -2.10. The largest absolute Gasteiger partial charge is 0.278 e. The lowest BCUT2D eigenvalue weighted by Gasteiger charge is -2.05. The van der Waals surface area contributed by atoms with Crippen molar-refractivity contribution in [3.8, 4) is 0 Å². The molecule has 104 valence electrons. The van der Waals surface area contributed by atoms with E-state index >= 15 is 0 Å². The molecular formula is C16H11Cl2N3. The van der Waals surface area contributed by atoms with Crippen molar-refractivity contribution in [2.45, 2.75) is 0 Å². The van der Waals surface area contributed by atoms with Crippen LogP contribution in [0.3, 0.4) is 0 Å². The first-order chi connectivity index (χ1) is 10.2. The zero-order chi connectivity index (χ0) is 14.7. The SMILES string of the molecule is Clc1cccc(/C=N/Nc2ccnc3cc(Cl)ccc23)c1. The van der Waals surface area contributed by atoms with Gasteiger partial charge in [0.25, 0.3) is 0 Å². The van der Waals surface area contributed by atoms with Gasteiger partial charge in [0.15, 0.2) is 0 Å². The van der Waals surface area contributed by atoms with Crippen molar-refractivity contribution >= 4 is 46.0 Å². The summed E-state index contributed by atoms with van der Waals surface area (Å²) in [6, 6.07) is 14.9. The third-order valence-corrected chi connectivity index (χ3v) is 3.42. The average Bonchev–Trinajstić information content (AvgIpc) is 2.47. The lowest BCUT2D eigenvalue weighted by atomic mass is 10.2. The van der Waals surface area contributed by atoms with Gasteiger partial charge in [0, 0.05) is 21.6 Å².